The van der Waals surface area contributed by atoms with Crippen molar-refractivity contribution in [2.45, 2.75) is 58.9 Å². The number of carbonyl (C=O) groups is 1. The maximum absolute atomic E-state index is 13.3. The molecule has 4 aliphatic carbocycles. The number of esters is 1. The van der Waals surface area contributed by atoms with Crippen molar-refractivity contribution in [2.75, 3.05) is 12.4 Å². The molecular weight excluding hydrogens is 374 g/mol. The Labute approximate surface area is 168 Å². The Morgan fingerprint density at radius 1 is 1.29 bits per heavy atom. The average molecular weight is 406 g/mol. The monoisotopic (exact) mass is 405 g/mol. The number of ether oxygens (including phenoxy) is 1. The van der Waals surface area contributed by atoms with E-state index >= 15 is 0 Å². The van der Waals surface area contributed by atoms with E-state index in [1.165, 1.54) is 0 Å². The predicted molar refractivity (Wildman–Crippen MR) is 107 cm³/mol. The maximum atomic E-state index is 13.3. The summed E-state index contributed by atoms with van der Waals surface area (Å²) in [6.07, 6.45) is 11.0. The highest BCUT2D eigenvalue weighted by molar-refractivity contribution is 7.89. The van der Waals surface area contributed by atoms with Crippen LogP contribution in [0.1, 0.15) is 52.9 Å². The van der Waals surface area contributed by atoms with Crippen molar-refractivity contribution >= 4 is 16.0 Å². The molecule has 6 heteroatoms. The van der Waals surface area contributed by atoms with E-state index in [0.29, 0.717) is 18.3 Å². The summed E-state index contributed by atoms with van der Waals surface area (Å²) in [4.78, 5) is 12.3. The largest absolute Gasteiger partial charge is 0.466 e. The second-order valence-electron chi connectivity index (χ2n) is 10.1. The first kappa shape index (κ1) is 18.7. The van der Waals surface area contributed by atoms with Crippen LogP contribution in [-0.4, -0.2) is 37.1 Å². The van der Waals surface area contributed by atoms with Gasteiger partial charge in [0.25, 0.3) is 0 Å². The van der Waals surface area contributed by atoms with Gasteiger partial charge in [0.05, 0.1) is 24.3 Å². The molecule has 1 heterocycles. The Bertz CT molecular complexity index is 873. The van der Waals surface area contributed by atoms with Crippen molar-refractivity contribution in [2.24, 2.45) is 34.5 Å². The van der Waals surface area contributed by atoms with Crippen LogP contribution in [0.25, 0.3) is 0 Å². The molecule has 4 bridgehead atoms. The zero-order valence-corrected chi connectivity index (χ0v) is 17.9. The highest BCUT2D eigenvalue weighted by Gasteiger charge is 2.71. The predicted octanol–water partition coefficient (Wildman–Crippen LogP) is 3.49. The normalized spacial score (nSPS) is 44.3. The van der Waals surface area contributed by atoms with Gasteiger partial charge < -0.3 is 4.74 Å². The van der Waals surface area contributed by atoms with Crippen molar-refractivity contribution in [3.05, 3.63) is 23.9 Å². The molecule has 0 radical (unpaired) electrons. The maximum Gasteiger partial charge on any atom is 0.309 e. The Morgan fingerprint density at radius 2 is 2.07 bits per heavy atom. The smallest absolute Gasteiger partial charge is 0.309 e. The van der Waals surface area contributed by atoms with Gasteiger partial charge in [0.15, 0.2) is 0 Å². The van der Waals surface area contributed by atoms with Crippen LogP contribution in [0.3, 0.4) is 0 Å². The topological polar surface area (TPSA) is 63.7 Å². The number of sulfonamides is 1. The highest BCUT2D eigenvalue weighted by Crippen LogP contribution is 2.70. The Balaban J connectivity index is 1.46. The van der Waals surface area contributed by atoms with Crippen molar-refractivity contribution in [3.63, 3.8) is 0 Å². The third kappa shape index (κ3) is 2.30. The summed E-state index contributed by atoms with van der Waals surface area (Å²) in [5.74, 6) is 1.09. The number of rotatable bonds is 3. The lowest BCUT2D eigenvalue weighted by molar-refractivity contribution is -0.148. The number of allylic oxidation sites excluding steroid dienone is 3. The fraction of sp³-hybridized carbons (Fsp3) is 0.773. The molecule has 5 aliphatic rings. The van der Waals surface area contributed by atoms with Gasteiger partial charge in [-0.25, -0.2) is 8.42 Å². The van der Waals surface area contributed by atoms with Gasteiger partial charge in [-0.15, -0.1) is 0 Å². The van der Waals surface area contributed by atoms with E-state index in [1.54, 1.807) is 4.31 Å². The summed E-state index contributed by atoms with van der Waals surface area (Å²) in [6, 6.07) is 0.0969. The lowest BCUT2D eigenvalue weighted by Gasteiger charge is -2.37. The third-order valence-corrected chi connectivity index (χ3v) is 10.8. The van der Waals surface area contributed by atoms with E-state index in [-0.39, 0.29) is 40.6 Å². The number of hydrogen-bond acceptors (Lipinski definition) is 4. The van der Waals surface area contributed by atoms with E-state index in [0.717, 1.165) is 37.8 Å². The van der Waals surface area contributed by atoms with Gasteiger partial charge >= 0.3 is 5.97 Å². The molecule has 154 valence electrons. The molecule has 5 rings (SSSR count). The van der Waals surface area contributed by atoms with Crippen LogP contribution >= 0.6 is 0 Å². The molecule has 1 aliphatic heterocycles. The Kier molecular flexibility index (Phi) is 3.92. The minimum absolute atomic E-state index is 0.0858. The quantitative estimate of drug-likeness (QED) is 0.675. The van der Waals surface area contributed by atoms with Crippen molar-refractivity contribution in [1.82, 2.24) is 4.31 Å². The molecule has 3 saturated carbocycles. The van der Waals surface area contributed by atoms with Crippen molar-refractivity contribution in [3.8, 4) is 0 Å². The van der Waals surface area contributed by atoms with Crippen LogP contribution < -0.4 is 0 Å². The summed E-state index contributed by atoms with van der Waals surface area (Å²) in [5.41, 5.74) is 0.826. The molecule has 28 heavy (non-hydrogen) atoms. The average Bonchev–Trinajstić information content (AvgIpc) is 3.18. The van der Waals surface area contributed by atoms with Crippen LogP contribution in [0.4, 0.5) is 0 Å². The van der Waals surface area contributed by atoms with Gasteiger partial charge in [-0.1, -0.05) is 26.0 Å². The SMILES string of the molecule is CCOC(=O)[C@@H]1C[C@@H]2C=C(N3[C@H]4C[C@@H]5CC[C@@]4(CS3(=O)=O)C5(C)C)C=C[C@H]1C2. The van der Waals surface area contributed by atoms with E-state index in [1.807, 2.05) is 13.0 Å². The van der Waals surface area contributed by atoms with Gasteiger partial charge in [0, 0.05) is 11.1 Å². The molecular formula is C22H31NO4S. The van der Waals surface area contributed by atoms with Crippen molar-refractivity contribution in [1.29, 1.82) is 0 Å². The van der Waals surface area contributed by atoms with Crippen molar-refractivity contribution < 1.29 is 17.9 Å². The van der Waals surface area contributed by atoms with Crippen LogP contribution in [0, 0.1) is 34.5 Å². The molecule has 0 aromatic carbocycles. The molecule has 0 aromatic rings. The van der Waals surface area contributed by atoms with Gasteiger partial charge in [0.1, 0.15) is 0 Å². The van der Waals surface area contributed by atoms with Gasteiger partial charge in [-0.2, -0.15) is 0 Å². The zero-order valence-electron chi connectivity index (χ0n) is 17.1. The zero-order chi connectivity index (χ0) is 19.9. The first-order valence-corrected chi connectivity index (χ1v) is 12.4. The first-order valence-electron chi connectivity index (χ1n) is 10.8. The second-order valence-corrected chi connectivity index (χ2v) is 12.0. The van der Waals surface area contributed by atoms with Crippen LogP contribution in [0.15, 0.2) is 23.9 Å². The lowest BCUT2D eigenvalue weighted by atomic mass is 9.69. The molecule has 6 atom stereocenters. The molecule has 1 spiro atoms. The molecule has 0 N–H and O–H groups in total. The summed E-state index contributed by atoms with van der Waals surface area (Å²) in [5, 5.41) is 0. The van der Waals surface area contributed by atoms with E-state index in [9.17, 15) is 13.2 Å². The standard InChI is InChI=1S/C22H31NO4S/c1-4-27-20(24)18-11-14-9-15(18)5-6-17(10-14)23-19-12-16-7-8-22(19,21(16,2)3)13-28(23,25)26/h5-6,10,14-16,18-19H,4,7-9,11-13H2,1-3H3/t14-,15-,16-,18+,19-,22-/m0/s1. The Morgan fingerprint density at radius 3 is 2.79 bits per heavy atom. The van der Waals surface area contributed by atoms with E-state index < -0.39 is 10.0 Å². The van der Waals surface area contributed by atoms with Crippen LogP contribution in [0.5, 0.6) is 0 Å². The minimum Gasteiger partial charge on any atom is -0.466 e. The molecule has 0 amide bonds. The highest BCUT2D eigenvalue weighted by atomic mass is 32.2. The fourth-order valence-corrected chi connectivity index (χ4v) is 9.89. The van der Waals surface area contributed by atoms with Crippen LogP contribution in [-0.2, 0) is 19.6 Å². The summed E-state index contributed by atoms with van der Waals surface area (Å²) >= 11 is 0. The van der Waals surface area contributed by atoms with Gasteiger partial charge in [0.2, 0.25) is 10.0 Å². The Hall–Kier alpha value is -1.30. The number of carbonyl (C=O) groups excluding carboxylic acids is 1. The van der Waals surface area contributed by atoms with E-state index in [2.05, 4.69) is 26.0 Å². The lowest BCUT2D eigenvalue weighted by Crippen LogP contribution is -2.41. The number of nitrogens with zero attached hydrogens (tertiary/aromatic N) is 1. The molecule has 4 fully saturated rings. The third-order valence-electron chi connectivity index (χ3n) is 8.82. The summed E-state index contributed by atoms with van der Waals surface area (Å²) in [6.45, 7) is 6.81. The minimum atomic E-state index is -3.31. The molecule has 0 unspecified atom stereocenters. The van der Waals surface area contributed by atoms with Crippen LogP contribution in [0.2, 0.25) is 0 Å². The first-order chi connectivity index (χ1) is 13.2. The summed E-state index contributed by atoms with van der Waals surface area (Å²) in [7, 11) is -3.31. The molecule has 1 saturated heterocycles. The fourth-order valence-electron chi connectivity index (χ4n) is 7.28. The van der Waals surface area contributed by atoms with Gasteiger partial charge in [-0.3, -0.25) is 9.10 Å². The number of fused-ring (bicyclic) bond motifs is 3. The summed E-state index contributed by atoms with van der Waals surface area (Å²) < 4.78 is 33.6. The molecule has 0 aromatic heterocycles. The second kappa shape index (κ2) is 5.87. The van der Waals surface area contributed by atoms with Gasteiger partial charge in [-0.05, 0) is 68.3 Å². The number of hydrogen-bond donors (Lipinski definition) is 0. The molecule has 5 nitrogen and oxygen atoms in total. The van der Waals surface area contributed by atoms with E-state index in [4.69, 9.17) is 4.74 Å².